The van der Waals surface area contributed by atoms with Crippen molar-refractivity contribution in [2.45, 2.75) is 6.92 Å². The Balaban J connectivity index is 2.33. The number of carbonyl (C=O) groups is 1. The Hall–Kier alpha value is -3.38. The fourth-order valence-corrected chi connectivity index (χ4v) is 2.73. The first-order chi connectivity index (χ1) is 13.4. The van der Waals surface area contributed by atoms with Gasteiger partial charge in [-0.2, -0.15) is 5.26 Å². The number of anilines is 1. The summed E-state index contributed by atoms with van der Waals surface area (Å²) in [5.74, 6) is 0.281. The highest BCUT2D eigenvalue weighted by Crippen LogP contribution is 2.34. The van der Waals surface area contributed by atoms with Crippen LogP contribution in [0.5, 0.6) is 11.5 Å². The smallest absolute Gasteiger partial charge is 0.271 e. The number of benzene rings is 2. The van der Waals surface area contributed by atoms with Crippen LogP contribution in [0.3, 0.4) is 0 Å². The summed E-state index contributed by atoms with van der Waals surface area (Å²) in [6.07, 6.45) is 1.38. The van der Waals surface area contributed by atoms with Gasteiger partial charge in [0.1, 0.15) is 11.6 Å². The van der Waals surface area contributed by atoms with Gasteiger partial charge in [0, 0.05) is 22.3 Å². The summed E-state index contributed by atoms with van der Waals surface area (Å²) in [5, 5.41) is 22.7. The summed E-state index contributed by atoms with van der Waals surface area (Å²) in [5.41, 5.74) is 0.396. The number of nitrogens with one attached hydrogen (secondary N) is 1. The minimum Gasteiger partial charge on any atom is -0.493 e. The molecule has 0 spiro atoms. The van der Waals surface area contributed by atoms with Crippen molar-refractivity contribution in [2.75, 3.05) is 19.0 Å². The van der Waals surface area contributed by atoms with E-state index >= 15 is 0 Å². The molecule has 2 aromatic rings. The highest BCUT2D eigenvalue weighted by atomic mass is 79.9. The van der Waals surface area contributed by atoms with Crippen molar-refractivity contribution in [1.82, 2.24) is 0 Å². The van der Waals surface area contributed by atoms with Crippen LogP contribution < -0.4 is 14.8 Å². The molecular formula is C19H16BrN3O5. The number of rotatable bonds is 7. The fourth-order valence-electron chi connectivity index (χ4n) is 2.29. The van der Waals surface area contributed by atoms with E-state index in [-0.39, 0.29) is 16.9 Å². The molecule has 0 saturated heterocycles. The standard InChI is InChI=1S/C19H16BrN3O5/c1-3-28-18-10-16(20)12(8-17(18)27-2)7-13(11-21)19(24)22-14-5-4-6-15(9-14)23(25)26/h4-10H,3H2,1-2H3,(H,22,24)/b13-7+. The summed E-state index contributed by atoms with van der Waals surface area (Å²) in [6, 6.07) is 10.6. The minimum absolute atomic E-state index is 0.167. The highest BCUT2D eigenvalue weighted by molar-refractivity contribution is 9.10. The molecule has 0 saturated carbocycles. The third kappa shape index (κ3) is 5.08. The van der Waals surface area contributed by atoms with E-state index in [9.17, 15) is 20.2 Å². The fraction of sp³-hybridized carbons (Fsp3) is 0.158. The monoisotopic (exact) mass is 445 g/mol. The van der Waals surface area contributed by atoms with E-state index in [1.807, 2.05) is 13.0 Å². The molecule has 9 heteroatoms. The number of nitriles is 1. The molecule has 144 valence electrons. The first-order valence-electron chi connectivity index (χ1n) is 8.07. The van der Waals surface area contributed by atoms with Crippen molar-refractivity contribution in [1.29, 1.82) is 5.26 Å². The number of nitro groups is 1. The summed E-state index contributed by atoms with van der Waals surface area (Å²) in [7, 11) is 1.49. The van der Waals surface area contributed by atoms with E-state index in [4.69, 9.17) is 9.47 Å². The van der Waals surface area contributed by atoms with Crippen LogP contribution in [-0.4, -0.2) is 24.5 Å². The molecule has 0 aromatic heterocycles. The predicted octanol–water partition coefficient (Wildman–Crippen LogP) is 4.31. The lowest BCUT2D eigenvalue weighted by molar-refractivity contribution is -0.384. The van der Waals surface area contributed by atoms with Crippen molar-refractivity contribution in [3.05, 3.63) is 62.1 Å². The number of non-ortho nitro benzene ring substituents is 1. The average molecular weight is 446 g/mol. The largest absolute Gasteiger partial charge is 0.493 e. The molecule has 0 fully saturated rings. The molecule has 0 unspecified atom stereocenters. The van der Waals surface area contributed by atoms with Gasteiger partial charge in [0.25, 0.3) is 11.6 Å². The van der Waals surface area contributed by atoms with Gasteiger partial charge in [-0.3, -0.25) is 14.9 Å². The van der Waals surface area contributed by atoms with Crippen molar-refractivity contribution in [3.63, 3.8) is 0 Å². The third-order valence-electron chi connectivity index (χ3n) is 3.56. The molecule has 0 atom stereocenters. The van der Waals surface area contributed by atoms with Gasteiger partial charge >= 0.3 is 0 Å². The zero-order chi connectivity index (χ0) is 20.7. The Morgan fingerprint density at radius 2 is 2.11 bits per heavy atom. The summed E-state index contributed by atoms with van der Waals surface area (Å²) >= 11 is 3.38. The summed E-state index contributed by atoms with van der Waals surface area (Å²) in [4.78, 5) is 22.7. The number of hydrogen-bond donors (Lipinski definition) is 1. The lowest BCUT2D eigenvalue weighted by Crippen LogP contribution is -2.13. The maximum atomic E-state index is 12.4. The Bertz CT molecular complexity index is 982. The minimum atomic E-state index is -0.692. The van der Waals surface area contributed by atoms with Crippen molar-refractivity contribution in [3.8, 4) is 17.6 Å². The number of methoxy groups -OCH3 is 1. The Morgan fingerprint density at radius 3 is 2.71 bits per heavy atom. The van der Waals surface area contributed by atoms with E-state index in [0.717, 1.165) is 0 Å². The van der Waals surface area contributed by atoms with Crippen LogP contribution in [0, 0.1) is 21.4 Å². The second-order valence-corrected chi connectivity index (χ2v) is 6.24. The summed E-state index contributed by atoms with van der Waals surface area (Å²) in [6.45, 7) is 2.29. The Kier molecular flexibility index (Phi) is 7.12. The van der Waals surface area contributed by atoms with Gasteiger partial charge in [-0.15, -0.1) is 0 Å². The van der Waals surface area contributed by atoms with E-state index < -0.39 is 10.8 Å². The van der Waals surface area contributed by atoms with Gasteiger partial charge in [0.15, 0.2) is 11.5 Å². The number of halogens is 1. The molecule has 1 amide bonds. The van der Waals surface area contributed by atoms with Gasteiger partial charge in [0.05, 0.1) is 18.6 Å². The van der Waals surface area contributed by atoms with Crippen molar-refractivity contribution < 1.29 is 19.2 Å². The van der Waals surface area contributed by atoms with Crippen molar-refractivity contribution in [2.24, 2.45) is 0 Å². The lowest BCUT2D eigenvalue weighted by Gasteiger charge is -2.12. The van der Waals surface area contributed by atoms with Gasteiger partial charge in [-0.1, -0.05) is 22.0 Å². The number of carbonyl (C=O) groups excluding carboxylic acids is 1. The van der Waals surface area contributed by atoms with Crippen LogP contribution in [0.2, 0.25) is 0 Å². The highest BCUT2D eigenvalue weighted by Gasteiger charge is 2.15. The molecule has 0 aliphatic heterocycles. The first-order valence-corrected chi connectivity index (χ1v) is 8.86. The van der Waals surface area contributed by atoms with E-state index in [1.165, 1.54) is 37.5 Å². The number of ether oxygens (including phenoxy) is 2. The second kappa shape index (κ2) is 9.53. The molecule has 2 rings (SSSR count). The van der Waals surface area contributed by atoms with E-state index in [1.54, 1.807) is 12.1 Å². The number of amides is 1. The molecule has 0 aliphatic carbocycles. The van der Waals surface area contributed by atoms with Crippen LogP contribution in [0.15, 0.2) is 46.4 Å². The topological polar surface area (TPSA) is 114 Å². The zero-order valence-electron chi connectivity index (χ0n) is 15.1. The van der Waals surface area contributed by atoms with Crippen LogP contribution in [0.1, 0.15) is 12.5 Å². The van der Waals surface area contributed by atoms with Gasteiger partial charge in [0.2, 0.25) is 0 Å². The molecule has 2 aromatic carbocycles. The first kappa shape index (κ1) is 20.9. The SMILES string of the molecule is CCOc1cc(Br)c(/C=C(\C#N)C(=O)Nc2cccc([N+](=O)[O-])c2)cc1OC. The Labute approximate surface area is 169 Å². The molecule has 0 aliphatic rings. The molecular weight excluding hydrogens is 430 g/mol. The van der Waals surface area contributed by atoms with Crippen LogP contribution in [0.25, 0.3) is 6.08 Å². The van der Waals surface area contributed by atoms with Crippen LogP contribution in [0.4, 0.5) is 11.4 Å². The normalized spacial score (nSPS) is 10.7. The van der Waals surface area contributed by atoms with Gasteiger partial charge < -0.3 is 14.8 Å². The summed E-state index contributed by atoms with van der Waals surface area (Å²) < 4.78 is 11.4. The maximum absolute atomic E-state index is 12.4. The molecule has 0 bridgehead atoms. The second-order valence-electron chi connectivity index (χ2n) is 5.39. The molecule has 8 nitrogen and oxygen atoms in total. The molecule has 0 radical (unpaired) electrons. The number of nitro benzene ring substituents is 1. The number of hydrogen-bond acceptors (Lipinski definition) is 6. The number of nitrogens with zero attached hydrogens (tertiary/aromatic N) is 2. The van der Waals surface area contributed by atoms with Crippen LogP contribution in [-0.2, 0) is 4.79 Å². The van der Waals surface area contributed by atoms with E-state index in [2.05, 4.69) is 21.2 Å². The maximum Gasteiger partial charge on any atom is 0.271 e. The molecule has 1 N–H and O–H groups in total. The van der Waals surface area contributed by atoms with Gasteiger partial charge in [-0.05, 0) is 36.8 Å². The lowest BCUT2D eigenvalue weighted by atomic mass is 10.1. The quantitative estimate of drug-likeness (QED) is 0.293. The predicted molar refractivity (Wildman–Crippen MR) is 107 cm³/mol. The average Bonchev–Trinajstić information content (AvgIpc) is 2.67. The van der Waals surface area contributed by atoms with Gasteiger partial charge in [-0.25, -0.2) is 0 Å². The van der Waals surface area contributed by atoms with E-state index in [0.29, 0.717) is 28.1 Å². The third-order valence-corrected chi connectivity index (χ3v) is 4.25. The molecule has 28 heavy (non-hydrogen) atoms. The zero-order valence-corrected chi connectivity index (χ0v) is 16.6. The van der Waals surface area contributed by atoms with Crippen molar-refractivity contribution >= 4 is 39.3 Å². The van der Waals surface area contributed by atoms with Crippen LogP contribution >= 0.6 is 15.9 Å². The Morgan fingerprint density at radius 1 is 1.36 bits per heavy atom. The molecule has 0 heterocycles.